The Bertz CT molecular complexity index is 742. The maximum atomic E-state index is 12.3. The molecule has 0 spiro atoms. The van der Waals surface area contributed by atoms with E-state index >= 15 is 0 Å². The van der Waals surface area contributed by atoms with Gasteiger partial charge in [-0.25, -0.2) is 0 Å². The van der Waals surface area contributed by atoms with Gasteiger partial charge in [0.1, 0.15) is 0 Å². The molecule has 1 amide bonds. The third-order valence-corrected chi connectivity index (χ3v) is 4.45. The Morgan fingerprint density at radius 2 is 2.00 bits per heavy atom. The van der Waals surface area contributed by atoms with Crippen molar-refractivity contribution in [2.24, 2.45) is 0 Å². The van der Waals surface area contributed by atoms with E-state index in [1.54, 1.807) is 6.20 Å². The predicted molar refractivity (Wildman–Crippen MR) is 105 cm³/mol. The molecular formula is C19H26N6O. The zero-order valence-corrected chi connectivity index (χ0v) is 15.4. The lowest BCUT2D eigenvalue weighted by Crippen LogP contribution is -2.29. The summed E-state index contributed by atoms with van der Waals surface area (Å²) in [7, 11) is 3.91. The van der Waals surface area contributed by atoms with Crippen LogP contribution >= 0.6 is 0 Å². The molecule has 0 radical (unpaired) electrons. The van der Waals surface area contributed by atoms with Crippen LogP contribution in [0, 0.1) is 0 Å². The molecule has 1 aliphatic rings. The van der Waals surface area contributed by atoms with E-state index in [1.807, 2.05) is 49.3 Å². The average Bonchev–Trinajstić information content (AvgIpc) is 3.20. The summed E-state index contributed by atoms with van der Waals surface area (Å²) < 4.78 is 0. The first-order valence-electron chi connectivity index (χ1n) is 9.00. The minimum atomic E-state index is -0.0765. The van der Waals surface area contributed by atoms with Crippen LogP contribution in [0.5, 0.6) is 0 Å². The van der Waals surface area contributed by atoms with Crippen molar-refractivity contribution in [3.8, 4) is 0 Å². The van der Waals surface area contributed by atoms with Gasteiger partial charge in [-0.1, -0.05) is 6.07 Å². The Kier molecular flexibility index (Phi) is 5.88. The number of hydrogen-bond acceptors (Lipinski definition) is 6. The summed E-state index contributed by atoms with van der Waals surface area (Å²) in [5.74, 6) is 0.658. The number of nitrogens with one attached hydrogen (secondary N) is 2. The predicted octanol–water partition coefficient (Wildman–Crippen LogP) is 1.98. The lowest BCUT2D eigenvalue weighted by Gasteiger charge is -2.17. The molecule has 2 N–H and O–H groups in total. The molecule has 7 heteroatoms. The van der Waals surface area contributed by atoms with E-state index in [9.17, 15) is 4.79 Å². The summed E-state index contributed by atoms with van der Waals surface area (Å²) in [6, 6.07) is 9.58. The monoisotopic (exact) mass is 354 g/mol. The van der Waals surface area contributed by atoms with Gasteiger partial charge in [0, 0.05) is 57.6 Å². The van der Waals surface area contributed by atoms with Crippen molar-refractivity contribution in [2.75, 3.05) is 55.4 Å². The van der Waals surface area contributed by atoms with Gasteiger partial charge in [-0.05, 0) is 31.0 Å². The third-order valence-electron chi connectivity index (χ3n) is 4.45. The van der Waals surface area contributed by atoms with Crippen LogP contribution < -0.4 is 20.4 Å². The Labute approximate surface area is 154 Å². The molecule has 0 atom stereocenters. The van der Waals surface area contributed by atoms with Crippen molar-refractivity contribution < 1.29 is 4.79 Å². The van der Waals surface area contributed by atoms with Gasteiger partial charge in [-0.3, -0.25) is 4.79 Å². The van der Waals surface area contributed by atoms with Crippen molar-refractivity contribution in [3.05, 3.63) is 42.1 Å². The van der Waals surface area contributed by atoms with Crippen molar-refractivity contribution in [1.82, 2.24) is 15.5 Å². The molecule has 2 heterocycles. The van der Waals surface area contributed by atoms with E-state index in [0.717, 1.165) is 30.3 Å². The van der Waals surface area contributed by atoms with Crippen LogP contribution in [0.25, 0.3) is 0 Å². The zero-order chi connectivity index (χ0) is 18.4. The van der Waals surface area contributed by atoms with Gasteiger partial charge in [0.25, 0.3) is 5.91 Å². The van der Waals surface area contributed by atoms with Crippen molar-refractivity contribution in [2.45, 2.75) is 12.8 Å². The molecule has 1 aromatic heterocycles. The van der Waals surface area contributed by atoms with Crippen LogP contribution in [-0.2, 0) is 0 Å². The first kappa shape index (κ1) is 18.0. The van der Waals surface area contributed by atoms with E-state index in [1.165, 1.54) is 12.8 Å². The van der Waals surface area contributed by atoms with Gasteiger partial charge in [0.15, 0.2) is 5.82 Å². The molecule has 0 bridgehead atoms. The summed E-state index contributed by atoms with van der Waals surface area (Å²) in [6.07, 6.45) is 4.26. The Morgan fingerprint density at radius 1 is 1.19 bits per heavy atom. The molecule has 0 saturated carbocycles. The van der Waals surface area contributed by atoms with Crippen molar-refractivity contribution in [3.63, 3.8) is 0 Å². The van der Waals surface area contributed by atoms with E-state index in [2.05, 4.69) is 25.7 Å². The lowest BCUT2D eigenvalue weighted by molar-refractivity contribution is 0.0955. The molecular weight excluding hydrogens is 328 g/mol. The highest BCUT2D eigenvalue weighted by Crippen LogP contribution is 2.20. The molecule has 7 nitrogen and oxygen atoms in total. The third kappa shape index (κ3) is 4.62. The largest absolute Gasteiger partial charge is 0.378 e. The fourth-order valence-electron chi connectivity index (χ4n) is 2.99. The van der Waals surface area contributed by atoms with Gasteiger partial charge in [0.2, 0.25) is 0 Å². The van der Waals surface area contributed by atoms with Crippen LogP contribution in [0.2, 0.25) is 0 Å². The topological polar surface area (TPSA) is 73.4 Å². The standard InChI is InChI=1S/C19H26N6O/c1-24(2)16-7-5-6-15(12-16)19(26)21-9-8-20-18-13-17(14-22-23-18)25-10-3-4-11-25/h5-7,12-14H,3-4,8-11H2,1-2H3,(H,20,23)(H,21,26). The second-order valence-electron chi connectivity index (χ2n) is 6.62. The number of carbonyl (C=O) groups is 1. The smallest absolute Gasteiger partial charge is 0.251 e. The minimum absolute atomic E-state index is 0.0765. The number of rotatable bonds is 7. The number of carbonyl (C=O) groups excluding carboxylic acids is 1. The van der Waals surface area contributed by atoms with E-state index in [-0.39, 0.29) is 5.91 Å². The van der Waals surface area contributed by atoms with Crippen molar-refractivity contribution in [1.29, 1.82) is 0 Å². The van der Waals surface area contributed by atoms with Gasteiger partial charge < -0.3 is 20.4 Å². The highest BCUT2D eigenvalue weighted by molar-refractivity contribution is 5.95. The molecule has 26 heavy (non-hydrogen) atoms. The van der Waals surface area contributed by atoms with Crippen LogP contribution in [0.4, 0.5) is 17.2 Å². The lowest BCUT2D eigenvalue weighted by atomic mass is 10.2. The van der Waals surface area contributed by atoms with E-state index < -0.39 is 0 Å². The van der Waals surface area contributed by atoms with Crippen LogP contribution in [-0.4, -0.2) is 56.4 Å². The second-order valence-corrected chi connectivity index (χ2v) is 6.62. The van der Waals surface area contributed by atoms with Crippen LogP contribution in [0.1, 0.15) is 23.2 Å². The molecule has 0 unspecified atom stereocenters. The molecule has 3 rings (SSSR count). The average molecular weight is 354 g/mol. The van der Waals surface area contributed by atoms with E-state index in [4.69, 9.17) is 0 Å². The zero-order valence-electron chi connectivity index (χ0n) is 15.4. The molecule has 1 fully saturated rings. The fraction of sp³-hybridized carbons (Fsp3) is 0.421. The highest BCUT2D eigenvalue weighted by Gasteiger charge is 2.13. The molecule has 1 aliphatic heterocycles. The molecule has 138 valence electrons. The molecule has 2 aromatic rings. The maximum Gasteiger partial charge on any atom is 0.251 e. The van der Waals surface area contributed by atoms with Gasteiger partial charge in [-0.15, -0.1) is 5.10 Å². The quantitative estimate of drug-likeness (QED) is 0.741. The number of benzene rings is 1. The van der Waals surface area contributed by atoms with Gasteiger partial charge in [0.05, 0.1) is 11.9 Å². The Morgan fingerprint density at radius 3 is 2.77 bits per heavy atom. The van der Waals surface area contributed by atoms with E-state index in [0.29, 0.717) is 18.7 Å². The first-order valence-corrected chi connectivity index (χ1v) is 9.00. The minimum Gasteiger partial charge on any atom is -0.378 e. The van der Waals surface area contributed by atoms with Gasteiger partial charge in [-0.2, -0.15) is 5.10 Å². The molecule has 1 aromatic carbocycles. The number of nitrogens with zero attached hydrogens (tertiary/aromatic N) is 4. The first-order chi connectivity index (χ1) is 12.6. The highest BCUT2D eigenvalue weighted by atomic mass is 16.1. The summed E-state index contributed by atoms with van der Waals surface area (Å²) >= 11 is 0. The Balaban J connectivity index is 1.47. The number of hydrogen-bond donors (Lipinski definition) is 2. The second kappa shape index (κ2) is 8.51. The molecule has 1 saturated heterocycles. The maximum absolute atomic E-state index is 12.3. The normalized spacial score (nSPS) is 13.5. The fourth-order valence-corrected chi connectivity index (χ4v) is 2.99. The number of aromatic nitrogens is 2. The summed E-state index contributed by atoms with van der Waals surface area (Å²) in [5, 5.41) is 14.3. The number of amides is 1. The summed E-state index contributed by atoms with van der Waals surface area (Å²) in [5.41, 5.74) is 2.77. The SMILES string of the molecule is CN(C)c1cccc(C(=O)NCCNc2cc(N3CCCC3)cnn2)c1. The van der Waals surface area contributed by atoms with Crippen LogP contribution in [0.15, 0.2) is 36.5 Å². The summed E-state index contributed by atoms with van der Waals surface area (Å²) in [4.78, 5) is 16.6. The van der Waals surface area contributed by atoms with Crippen LogP contribution in [0.3, 0.4) is 0 Å². The number of anilines is 3. The molecule has 0 aliphatic carbocycles. The Hall–Kier alpha value is -2.83. The van der Waals surface area contributed by atoms with Gasteiger partial charge >= 0.3 is 0 Å². The van der Waals surface area contributed by atoms with Crippen molar-refractivity contribution >= 4 is 23.1 Å². The summed E-state index contributed by atoms with van der Waals surface area (Å²) in [6.45, 7) is 3.26.